The van der Waals surface area contributed by atoms with Crippen LogP contribution in [-0.4, -0.2) is 51.1 Å². The smallest absolute Gasteiger partial charge is 0.255 e. The van der Waals surface area contributed by atoms with Crippen molar-refractivity contribution in [2.45, 2.75) is 58.7 Å². The number of carbonyl (C=O) groups is 3. The molecule has 1 N–H and O–H groups in total. The highest BCUT2D eigenvalue weighted by Gasteiger charge is 2.36. The van der Waals surface area contributed by atoms with Crippen LogP contribution in [0.5, 0.6) is 0 Å². The Kier molecular flexibility index (Phi) is 12.4. The first kappa shape index (κ1) is 28.4. The van der Waals surface area contributed by atoms with Crippen LogP contribution in [0.2, 0.25) is 0 Å². The number of nitrogens with one attached hydrogen (secondary N) is 1. The van der Waals surface area contributed by atoms with Crippen LogP contribution in [-0.2, 0) is 22.7 Å². The van der Waals surface area contributed by atoms with Crippen LogP contribution in [0.15, 0.2) is 24.4 Å². The molecule has 10 heteroatoms. The number of fused-ring (bicyclic) bond motifs is 1. The Morgan fingerprint density at radius 1 is 1.34 bits per heavy atom. The molecule has 0 spiro atoms. The van der Waals surface area contributed by atoms with Gasteiger partial charge in [0.1, 0.15) is 12.3 Å². The predicted octanol–water partition coefficient (Wildman–Crippen LogP) is 3.58. The second-order valence-electron chi connectivity index (χ2n) is 7.22. The lowest BCUT2D eigenvalue weighted by Crippen LogP contribution is -2.46. The zero-order chi connectivity index (χ0) is 25.6. The molecule has 2 heterocycles. The minimum Gasteiger partial charge on any atom is -0.357 e. The number of unbranched alkanes of at least 4 members (excludes halogenated alkanes) is 1. The number of carbonyl (C=O) groups excluding carboxylic acids is 3. The van der Waals surface area contributed by atoms with E-state index in [1.165, 1.54) is 20.9 Å². The molecular formula is C25H28IN5O3S. The average Bonchev–Trinajstić information content (AvgIpc) is 3.48. The molecule has 1 unspecified atom stereocenters. The summed E-state index contributed by atoms with van der Waals surface area (Å²) < 4.78 is 1.75. The van der Waals surface area contributed by atoms with Gasteiger partial charge in [0, 0.05) is 65.3 Å². The first-order valence-electron chi connectivity index (χ1n) is 11.3. The summed E-state index contributed by atoms with van der Waals surface area (Å²) in [6, 6.07) is 4.76. The monoisotopic (exact) mass is 605 g/mol. The maximum Gasteiger partial charge on any atom is 0.255 e. The van der Waals surface area contributed by atoms with Crippen molar-refractivity contribution >= 4 is 48.2 Å². The Morgan fingerprint density at radius 2 is 2.14 bits per heavy atom. The summed E-state index contributed by atoms with van der Waals surface area (Å²) in [5.41, 5.74) is 2.80. The van der Waals surface area contributed by atoms with Gasteiger partial charge < -0.3 is 15.0 Å². The molecule has 0 aliphatic carbocycles. The quantitative estimate of drug-likeness (QED) is 0.214. The lowest BCUT2D eigenvalue weighted by molar-refractivity contribution is -0.125. The zero-order valence-electron chi connectivity index (χ0n) is 20.0. The van der Waals surface area contributed by atoms with Gasteiger partial charge in [0.05, 0.1) is 6.20 Å². The molecule has 3 rings (SSSR count). The molecule has 184 valence electrons. The maximum absolute atomic E-state index is 13.0. The maximum atomic E-state index is 13.0. The van der Waals surface area contributed by atoms with Crippen LogP contribution in [0, 0.1) is 23.0 Å². The Bertz CT molecular complexity index is 1160. The fourth-order valence-corrected chi connectivity index (χ4v) is 4.04. The van der Waals surface area contributed by atoms with Gasteiger partial charge in [0.15, 0.2) is 5.69 Å². The molecule has 1 aromatic carbocycles. The predicted molar refractivity (Wildman–Crippen MR) is 145 cm³/mol. The van der Waals surface area contributed by atoms with E-state index in [0.717, 1.165) is 23.8 Å². The molecule has 0 saturated heterocycles. The minimum atomic E-state index is -0.686. The third-order valence-electron chi connectivity index (χ3n) is 5.15. The number of aryl methyl sites for hydroxylation is 1. The topological polar surface area (TPSA) is 97.2 Å². The summed E-state index contributed by atoms with van der Waals surface area (Å²) in [6.07, 6.45) is 4.53. The molecule has 0 radical (unpaired) electrons. The van der Waals surface area contributed by atoms with E-state index >= 15 is 0 Å². The van der Waals surface area contributed by atoms with Crippen LogP contribution in [0.25, 0.3) is 0 Å². The SMILES string of the molecule is CC.CNC(=O)C(CCC=O)N1Cc2c(C#CCCCn3cc(C#CSI)nn3)cccc2C1=O. The fraction of sp³-hybridized carbons (Fsp3) is 0.400. The van der Waals surface area contributed by atoms with Gasteiger partial charge in [-0.1, -0.05) is 37.0 Å². The first-order chi connectivity index (χ1) is 17.1. The van der Waals surface area contributed by atoms with Gasteiger partial charge in [-0.05, 0) is 50.6 Å². The Morgan fingerprint density at radius 3 is 2.86 bits per heavy atom. The molecular weight excluding hydrogens is 577 g/mol. The number of aromatic nitrogens is 3. The van der Waals surface area contributed by atoms with Gasteiger partial charge in [-0.3, -0.25) is 14.3 Å². The minimum absolute atomic E-state index is 0.209. The van der Waals surface area contributed by atoms with Crippen molar-refractivity contribution in [1.29, 1.82) is 0 Å². The second kappa shape index (κ2) is 15.2. The molecule has 1 atom stereocenters. The number of rotatable bonds is 8. The highest BCUT2D eigenvalue weighted by Crippen LogP contribution is 2.28. The van der Waals surface area contributed by atoms with Crippen LogP contribution in [0.4, 0.5) is 0 Å². The molecule has 8 nitrogen and oxygen atoms in total. The van der Waals surface area contributed by atoms with Gasteiger partial charge in [-0.2, -0.15) is 0 Å². The Balaban J connectivity index is 0.00000210. The van der Waals surface area contributed by atoms with Crippen LogP contribution >= 0.6 is 30.1 Å². The number of benzene rings is 1. The second-order valence-corrected chi connectivity index (χ2v) is 8.89. The third kappa shape index (κ3) is 7.84. The lowest BCUT2D eigenvalue weighted by Gasteiger charge is -2.25. The van der Waals surface area contributed by atoms with Crippen LogP contribution in [0.1, 0.15) is 66.7 Å². The molecule has 0 fully saturated rings. The van der Waals surface area contributed by atoms with Gasteiger partial charge in [-0.15, -0.1) is 5.10 Å². The number of hydrogen-bond donors (Lipinski definition) is 1. The highest BCUT2D eigenvalue weighted by atomic mass is 127. The summed E-state index contributed by atoms with van der Waals surface area (Å²) in [5.74, 6) is 8.77. The lowest BCUT2D eigenvalue weighted by atomic mass is 10.0. The van der Waals surface area contributed by atoms with Crippen molar-refractivity contribution in [2.24, 2.45) is 0 Å². The summed E-state index contributed by atoms with van der Waals surface area (Å²) in [6.45, 7) is 4.98. The van der Waals surface area contributed by atoms with E-state index in [2.05, 4.69) is 59.8 Å². The molecule has 35 heavy (non-hydrogen) atoms. The zero-order valence-corrected chi connectivity index (χ0v) is 23.0. The first-order valence-corrected chi connectivity index (χ1v) is 14.7. The van der Waals surface area contributed by atoms with Crippen molar-refractivity contribution in [3.05, 3.63) is 46.8 Å². The van der Waals surface area contributed by atoms with E-state index in [1.807, 2.05) is 26.1 Å². The molecule has 0 saturated carbocycles. The molecule has 0 bridgehead atoms. The number of halogens is 1. The van der Waals surface area contributed by atoms with E-state index in [4.69, 9.17) is 0 Å². The van der Waals surface area contributed by atoms with E-state index in [9.17, 15) is 14.4 Å². The Hall–Kier alpha value is -2.83. The van der Waals surface area contributed by atoms with Gasteiger partial charge >= 0.3 is 0 Å². The van der Waals surface area contributed by atoms with Crippen molar-refractivity contribution in [3.63, 3.8) is 0 Å². The highest BCUT2D eigenvalue weighted by molar-refractivity contribution is 14.2. The van der Waals surface area contributed by atoms with Crippen molar-refractivity contribution in [2.75, 3.05) is 7.05 Å². The molecule has 1 aromatic heterocycles. The average molecular weight is 606 g/mol. The molecule has 2 aromatic rings. The number of likely N-dealkylation sites (N-methyl/N-ethyl adjacent to an activating group) is 1. The third-order valence-corrected chi connectivity index (χ3v) is 5.99. The normalized spacial score (nSPS) is 12.2. The van der Waals surface area contributed by atoms with Crippen LogP contribution in [0.3, 0.4) is 0 Å². The van der Waals surface area contributed by atoms with Crippen molar-refractivity contribution < 1.29 is 14.4 Å². The fourth-order valence-electron chi connectivity index (χ4n) is 3.57. The standard InChI is InChI=1S/C23H22IN5O3S.C2H6/c1-25-22(31)21(10-6-13-30)29-16-20-17(8-5-9-19(20)23(29)32)7-3-2-4-12-28-15-18(26-27-28)11-14-33-24;1-2/h5,8-9,13,15,21H,2,4,6,10,12,16H2,1H3,(H,25,31);1-2H3. The van der Waals surface area contributed by atoms with Gasteiger partial charge in [0.25, 0.3) is 5.91 Å². The Labute approximate surface area is 222 Å². The van der Waals surface area contributed by atoms with Crippen molar-refractivity contribution in [1.82, 2.24) is 25.2 Å². The summed E-state index contributed by atoms with van der Waals surface area (Å²) in [7, 11) is 2.93. The van der Waals surface area contributed by atoms with E-state index in [0.29, 0.717) is 30.8 Å². The van der Waals surface area contributed by atoms with E-state index in [-0.39, 0.29) is 24.7 Å². The van der Waals surface area contributed by atoms with Crippen LogP contribution < -0.4 is 5.32 Å². The van der Waals surface area contributed by atoms with Gasteiger partial charge in [0.2, 0.25) is 5.91 Å². The van der Waals surface area contributed by atoms with E-state index < -0.39 is 6.04 Å². The largest absolute Gasteiger partial charge is 0.357 e. The number of nitrogens with zero attached hydrogens (tertiary/aromatic N) is 4. The summed E-state index contributed by atoms with van der Waals surface area (Å²) in [4.78, 5) is 37.6. The molecule has 1 aliphatic rings. The molecule has 1 aliphatic heterocycles. The van der Waals surface area contributed by atoms with E-state index in [1.54, 1.807) is 16.8 Å². The molecule has 2 amide bonds. The number of aldehydes is 1. The summed E-state index contributed by atoms with van der Waals surface area (Å²) in [5, 5.41) is 13.5. The number of amides is 2. The van der Waals surface area contributed by atoms with Crippen molar-refractivity contribution in [3.8, 4) is 23.0 Å². The number of hydrogen-bond acceptors (Lipinski definition) is 6. The summed E-state index contributed by atoms with van der Waals surface area (Å²) >= 11 is 2.10. The van der Waals surface area contributed by atoms with Gasteiger partial charge in [-0.25, -0.2) is 0 Å².